The second-order valence-corrected chi connectivity index (χ2v) is 3.59. The highest BCUT2D eigenvalue weighted by atomic mass is 16.5. The van der Waals surface area contributed by atoms with Crippen molar-refractivity contribution in [1.82, 2.24) is 20.1 Å². The fourth-order valence-electron chi connectivity index (χ4n) is 1.28. The van der Waals surface area contributed by atoms with Crippen LogP contribution in [-0.2, 0) is 16.1 Å². The summed E-state index contributed by atoms with van der Waals surface area (Å²) < 4.78 is 4.82. The molecule has 0 aliphatic rings. The quantitative estimate of drug-likeness (QED) is 0.675. The normalized spacial score (nSPS) is 12.5. The van der Waals surface area contributed by atoms with E-state index in [1.54, 1.807) is 14.0 Å². The number of likely N-dealkylation sites (N-methyl/N-ethyl adjacent to an activating group) is 1. The van der Waals surface area contributed by atoms with E-state index in [2.05, 4.69) is 15.2 Å². The van der Waals surface area contributed by atoms with E-state index < -0.39 is 6.04 Å². The van der Waals surface area contributed by atoms with E-state index in [1.165, 1.54) is 12.0 Å². The van der Waals surface area contributed by atoms with Gasteiger partial charge in [0, 0.05) is 14.2 Å². The molecule has 1 heterocycles. The average molecular weight is 227 g/mol. The first kappa shape index (κ1) is 12.6. The standard InChI is InChI=1S/C9H17N5O2/c1-6-11-8(13-12-6)4-14(2)9(15)7(10)5-16-3/h7H,4-5,10H2,1-3H3,(H,11,12,13). The first-order valence-electron chi connectivity index (χ1n) is 4.92. The second kappa shape index (κ2) is 5.57. The van der Waals surface area contributed by atoms with Gasteiger partial charge in [-0.1, -0.05) is 0 Å². The van der Waals surface area contributed by atoms with Gasteiger partial charge in [0.25, 0.3) is 0 Å². The maximum atomic E-state index is 11.7. The monoisotopic (exact) mass is 227 g/mol. The molecule has 0 aliphatic heterocycles. The lowest BCUT2D eigenvalue weighted by atomic mass is 10.3. The Morgan fingerprint density at radius 3 is 2.88 bits per heavy atom. The number of carbonyl (C=O) groups is 1. The number of nitrogens with one attached hydrogen (secondary N) is 1. The molecule has 1 atom stereocenters. The molecule has 1 aromatic rings. The highest BCUT2D eigenvalue weighted by Gasteiger charge is 2.18. The summed E-state index contributed by atoms with van der Waals surface area (Å²) in [6, 6.07) is -0.643. The number of carbonyl (C=O) groups excluding carboxylic acids is 1. The van der Waals surface area contributed by atoms with Crippen LogP contribution < -0.4 is 5.73 Å². The number of ether oxygens (including phenoxy) is 1. The molecule has 1 aromatic heterocycles. The molecular formula is C9H17N5O2. The Balaban J connectivity index is 2.51. The minimum Gasteiger partial charge on any atom is -0.383 e. The van der Waals surface area contributed by atoms with Crippen LogP contribution in [0.4, 0.5) is 0 Å². The van der Waals surface area contributed by atoms with Crippen molar-refractivity contribution in [2.24, 2.45) is 5.73 Å². The van der Waals surface area contributed by atoms with E-state index in [4.69, 9.17) is 10.5 Å². The number of aromatic nitrogens is 3. The molecule has 0 radical (unpaired) electrons. The third-order valence-corrected chi connectivity index (χ3v) is 2.06. The molecule has 7 nitrogen and oxygen atoms in total. The Morgan fingerprint density at radius 2 is 2.38 bits per heavy atom. The van der Waals surface area contributed by atoms with Crippen molar-refractivity contribution in [3.05, 3.63) is 11.6 Å². The van der Waals surface area contributed by atoms with Gasteiger partial charge in [-0.05, 0) is 6.92 Å². The van der Waals surface area contributed by atoms with Crippen LogP contribution in [-0.4, -0.2) is 52.8 Å². The summed E-state index contributed by atoms with van der Waals surface area (Å²) in [4.78, 5) is 17.3. The van der Waals surface area contributed by atoms with Gasteiger partial charge < -0.3 is 15.4 Å². The summed E-state index contributed by atoms with van der Waals surface area (Å²) >= 11 is 0. The van der Waals surface area contributed by atoms with Gasteiger partial charge in [0.2, 0.25) is 5.91 Å². The third-order valence-electron chi connectivity index (χ3n) is 2.06. The smallest absolute Gasteiger partial charge is 0.242 e. The Bertz CT molecular complexity index is 351. The molecule has 7 heteroatoms. The minimum atomic E-state index is -0.643. The van der Waals surface area contributed by atoms with Crippen LogP contribution in [0, 0.1) is 6.92 Å². The largest absolute Gasteiger partial charge is 0.383 e. The molecule has 90 valence electrons. The van der Waals surface area contributed by atoms with Crippen LogP contribution in [0.5, 0.6) is 0 Å². The number of hydrogen-bond donors (Lipinski definition) is 2. The molecule has 16 heavy (non-hydrogen) atoms. The van der Waals surface area contributed by atoms with E-state index in [9.17, 15) is 4.79 Å². The maximum absolute atomic E-state index is 11.7. The summed E-state index contributed by atoms with van der Waals surface area (Å²) in [6.45, 7) is 2.34. The number of H-pyrrole nitrogens is 1. The van der Waals surface area contributed by atoms with Gasteiger partial charge in [-0.2, -0.15) is 5.10 Å². The Morgan fingerprint density at radius 1 is 1.69 bits per heavy atom. The molecule has 0 saturated heterocycles. The molecule has 1 rings (SSSR count). The van der Waals surface area contributed by atoms with Crippen LogP contribution in [0.15, 0.2) is 0 Å². The molecule has 0 aliphatic carbocycles. The summed E-state index contributed by atoms with van der Waals surface area (Å²) in [5.41, 5.74) is 5.62. The Hall–Kier alpha value is -1.47. The lowest BCUT2D eigenvalue weighted by Gasteiger charge is -2.19. The van der Waals surface area contributed by atoms with Gasteiger partial charge in [-0.25, -0.2) is 4.98 Å². The number of nitrogens with zero attached hydrogens (tertiary/aromatic N) is 3. The Kier molecular flexibility index (Phi) is 4.39. The van der Waals surface area contributed by atoms with Crippen LogP contribution in [0.1, 0.15) is 11.6 Å². The van der Waals surface area contributed by atoms with Crippen molar-refractivity contribution in [3.8, 4) is 0 Å². The molecular weight excluding hydrogens is 210 g/mol. The van der Waals surface area contributed by atoms with Gasteiger partial charge in [-0.15, -0.1) is 0 Å². The minimum absolute atomic E-state index is 0.190. The maximum Gasteiger partial charge on any atom is 0.242 e. The average Bonchev–Trinajstić information content (AvgIpc) is 2.63. The van der Waals surface area contributed by atoms with Gasteiger partial charge >= 0.3 is 0 Å². The predicted molar refractivity (Wildman–Crippen MR) is 57.4 cm³/mol. The zero-order valence-electron chi connectivity index (χ0n) is 9.73. The van der Waals surface area contributed by atoms with Crippen molar-refractivity contribution in [1.29, 1.82) is 0 Å². The molecule has 3 N–H and O–H groups in total. The molecule has 1 amide bonds. The van der Waals surface area contributed by atoms with Gasteiger partial charge in [-0.3, -0.25) is 9.89 Å². The van der Waals surface area contributed by atoms with Crippen LogP contribution in [0.3, 0.4) is 0 Å². The van der Waals surface area contributed by atoms with Gasteiger partial charge in [0.15, 0.2) is 5.82 Å². The van der Waals surface area contributed by atoms with Crippen LogP contribution in [0.2, 0.25) is 0 Å². The van der Waals surface area contributed by atoms with E-state index >= 15 is 0 Å². The molecule has 0 spiro atoms. The van der Waals surface area contributed by atoms with Crippen molar-refractivity contribution in [2.75, 3.05) is 20.8 Å². The number of hydrogen-bond acceptors (Lipinski definition) is 5. The van der Waals surface area contributed by atoms with E-state index in [0.29, 0.717) is 12.4 Å². The van der Waals surface area contributed by atoms with Gasteiger partial charge in [0.1, 0.15) is 11.9 Å². The number of amides is 1. The summed E-state index contributed by atoms with van der Waals surface area (Å²) in [5.74, 6) is 1.10. The second-order valence-electron chi connectivity index (χ2n) is 3.59. The molecule has 0 bridgehead atoms. The number of methoxy groups -OCH3 is 1. The first-order valence-corrected chi connectivity index (χ1v) is 4.92. The van der Waals surface area contributed by atoms with Crippen molar-refractivity contribution in [2.45, 2.75) is 19.5 Å². The van der Waals surface area contributed by atoms with Crippen LogP contribution >= 0.6 is 0 Å². The van der Waals surface area contributed by atoms with Crippen LogP contribution in [0.25, 0.3) is 0 Å². The van der Waals surface area contributed by atoms with Crippen molar-refractivity contribution >= 4 is 5.91 Å². The van der Waals surface area contributed by atoms with E-state index in [-0.39, 0.29) is 12.5 Å². The highest BCUT2D eigenvalue weighted by molar-refractivity contribution is 5.81. The topological polar surface area (TPSA) is 97.1 Å². The summed E-state index contributed by atoms with van der Waals surface area (Å²) in [5, 5.41) is 6.65. The fraction of sp³-hybridized carbons (Fsp3) is 0.667. The highest BCUT2D eigenvalue weighted by Crippen LogP contribution is 1.99. The SMILES string of the molecule is COCC(N)C(=O)N(C)Cc1n[nH]c(C)n1. The van der Waals surface area contributed by atoms with Crippen molar-refractivity contribution in [3.63, 3.8) is 0 Å². The zero-order valence-corrected chi connectivity index (χ0v) is 9.73. The number of aromatic amines is 1. The fourth-order valence-corrected chi connectivity index (χ4v) is 1.28. The zero-order chi connectivity index (χ0) is 12.1. The number of aryl methyl sites for hydroxylation is 1. The molecule has 0 fully saturated rings. The Labute approximate surface area is 94.0 Å². The van der Waals surface area contributed by atoms with E-state index in [0.717, 1.165) is 5.82 Å². The summed E-state index contributed by atoms with van der Waals surface area (Å²) in [7, 11) is 3.16. The number of rotatable bonds is 5. The molecule has 1 unspecified atom stereocenters. The van der Waals surface area contributed by atoms with Gasteiger partial charge in [0.05, 0.1) is 13.2 Å². The lowest BCUT2D eigenvalue weighted by Crippen LogP contribution is -2.44. The molecule has 0 aromatic carbocycles. The lowest BCUT2D eigenvalue weighted by molar-refractivity contribution is -0.133. The predicted octanol–water partition coefficient (Wildman–Crippen LogP) is -0.955. The van der Waals surface area contributed by atoms with Crippen molar-refractivity contribution < 1.29 is 9.53 Å². The first-order chi connectivity index (χ1) is 7.54. The van der Waals surface area contributed by atoms with E-state index in [1.807, 2.05) is 0 Å². The molecule has 0 saturated carbocycles. The summed E-state index contributed by atoms with van der Waals surface area (Å²) in [6.07, 6.45) is 0. The number of nitrogens with two attached hydrogens (primary N) is 1. The third kappa shape index (κ3) is 3.28.